The first-order chi connectivity index (χ1) is 12.8. The van der Waals surface area contributed by atoms with Gasteiger partial charge in [-0.15, -0.1) is 0 Å². The zero-order valence-electron chi connectivity index (χ0n) is 14.8. The van der Waals surface area contributed by atoms with E-state index < -0.39 is 0 Å². The van der Waals surface area contributed by atoms with Crippen molar-refractivity contribution >= 4 is 22.8 Å². The zero-order chi connectivity index (χ0) is 17.9. The second-order valence-corrected chi connectivity index (χ2v) is 6.50. The summed E-state index contributed by atoms with van der Waals surface area (Å²) in [5, 5.41) is 0. The van der Waals surface area contributed by atoms with Gasteiger partial charge in [0.15, 0.2) is 5.82 Å². The van der Waals surface area contributed by atoms with Crippen molar-refractivity contribution in [1.82, 2.24) is 9.97 Å². The van der Waals surface area contributed by atoms with Crippen LogP contribution in [0, 0.1) is 0 Å². The van der Waals surface area contributed by atoms with Gasteiger partial charge >= 0.3 is 5.97 Å². The van der Waals surface area contributed by atoms with Crippen LogP contribution in [0.15, 0.2) is 48.5 Å². The van der Waals surface area contributed by atoms with E-state index in [0.717, 1.165) is 35.7 Å². The molecule has 1 aliphatic rings. The summed E-state index contributed by atoms with van der Waals surface area (Å²) in [4.78, 5) is 24.0. The minimum absolute atomic E-state index is 0.366. The van der Waals surface area contributed by atoms with Crippen LogP contribution in [0.1, 0.15) is 29.6 Å². The molecule has 1 fully saturated rings. The van der Waals surface area contributed by atoms with Crippen LogP contribution in [0.2, 0.25) is 0 Å². The summed E-state index contributed by atoms with van der Waals surface area (Å²) in [5.41, 5.74) is 3.87. The number of rotatable bonds is 3. The lowest BCUT2D eigenvalue weighted by Gasteiger charge is -2.29. The third kappa shape index (κ3) is 3.12. The van der Waals surface area contributed by atoms with Crippen molar-refractivity contribution in [2.45, 2.75) is 19.3 Å². The Kier molecular flexibility index (Phi) is 4.52. The van der Waals surface area contributed by atoms with Crippen molar-refractivity contribution in [3.63, 3.8) is 0 Å². The van der Waals surface area contributed by atoms with Crippen molar-refractivity contribution in [1.29, 1.82) is 0 Å². The molecular weight excluding hydrogens is 326 g/mol. The summed E-state index contributed by atoms with van der Waals surface area (Å²) in [6.45, 7) is 2.00. The number of fused-ring (bicyclic) bond motifs is 1. The molecule has 0 unspecified atom stereocenters. The Hall–Kier alpha value is -2.95. The number of hydrogen-bond acceptors (Lipinski definition) is 5. The predicted molar refractivity (Wildman–Crippen MR) is 102 cm³/mol. The van der Waals surface area contributed by atoms with Gasteiger partial charge < -0.3 is 9.64 Å². The van der Waals surface area contributed by atoms with E-state index in [1.807, 2.05) is 36.4 Å². The third-order valence-corrected chi connectivity index (χ3v) is 4.77. The molecule has 132 valence electrons. The van der Waals surface area contributed by atoms with Gasteiger partial charge in [0.05, 0.1) is 23.7 Å². The van der Waals surface area contributed by atoms with E-state index in [-0.39, 0.29) is 5.97 Å². The Morgan fingerprint density at radius 2 is 1.73 bits per heavy atom. The maximum Gasteiger partial charge on any atom is 0.337 e. The molecule has 1 aromatic heterocycles. The smallest absolute Gasteiger partial charge is 0.337 e. The van der Waals surface area contributed by atoms with E-state index in [9.17, 15) is 4.79 Å². The fourth-order valence-corrected chi connectivity index (χ4v) is 3.41. The molecule has 4 rings (SSSR count). The summed E-state index contributed by atoms with van der Waals surface area (Å²) >= 11 is 0. The van der Waals surface area contributed by atoms with Crippen LogP contribution in [0.4, 0.5) is 5.82 Å². The molecule has 0 atom stereocenters. The van der Waals surface area contributed by atoms with Crippen molar-refractivity contribution < 1.29 is 9.53 Å². The summed E-state index contributed by atoms with van der Waals surface area (Å²) in [6, 6.07) is 15.4. The average molecular weight is 347 g/mol. The molecule has 0 N–H and O–H groups in total. The molecule has 2 heterocycles. The number of ether oxygens (including phenoxy) is 1. The second kappa shape index (κ2) is 7.12. The highest BCUT2D eigenvalue weighted by Gasteiger charge is 2.20. The molecule has 0 bridgehead atoms. The number of carbonyl (C=O) groups excluding carboxylic acids is 1. The first kappa shape index (κ1) is 16.5. The highest BCUT2D eigenvalue weighted by Crippen LogP contribution is 2.31. The van der Waals surface area contributed by atoms with E-state index in [4.69, 9.17) is 14.7 Å². The van der Waals surface area contributed by atoms with E-state index in [0.29, 0.717) is 11.1 Å². The summed E-state index contributed by atoms with van der Waals surface area (Å²) < 4.78 is 4.82. The Bertz CT molecular complexity index is 935. The largest absolute Gasteiger partial charge is 0.465 e. The molecule has 2 aromatic carbocycles. The van der Waals surface area contributed by atoms with Gasteiger partial charge in [-0.25, -0.2) is 14.8 Å². The highest BCUT2D eigenvalue weighted by molar-refractivity contribution is 5.94. The standard InChI is InChI=1S/C21H21N3O2/c1-26-21(25)16-10-11-17-18(14-16)22-19(15-8-4-2-5-9-15)20(23-17)24-12-6-3-7-13-24/h2,4-5,8-11,14H,3,6-7,12-13H2,1H3. The molecule has 0 amide bonds. The van der Waals surface area contributed by atoms with Gasteiger partial charge in [-0.05, 0) is 37.5 Å². The lowest BCUT2D eigenvalue weighted by molar-refractivity contribution is 0.0601. The molecule has 5 nitrogen and oxygen atoms in total. The molecular formula is C21H21N3O2. The molecule has 0 aliphatic carbocycles. The molecule has 1 aliphatic heterocycles. The Labute approximate surface area is 152 Å². The lowest BCUT2D eigenvalue weighted by Crippen LogP contribution is -2.31. The molecule has 26 heavy (non-hydrogen) atoms. The lowest BCUT2D eigenvalue weighted by atomic mass is 10.1. The number of esters is 1. The van der Waals surface area contributed by atoms with Crippen LogP contribution < -0.4 is 4.90 Å². The zero-order valence-corrected chi connectivity index (χ0v) is 14.8. The molecule has 1 saturated heterocycles. The molecule has 3 aromatic rings. The van der Waals surface area contributed by atoms with Gasteiger partial charge in [0.2, 0.25) is 0 Å². The number of aromatic nitrogens is 2. The average Bonchev–Trinajstić information content (AvgIpc) is 2.73. The van der Waals surface area contributed by atoms with E-state index in [2.05, 4.69) is 4.90 Å². The van der Waals surface area contributed by atoms with Crippen LogP contribution in [0.5, 0.6) is 0 Å². The minimum Gasteiger partial charge on any atom is -0.465 e. The number of nitrogens with zero attached hydrogens (tertiary/aromatic N) is 3. The Morgan fingerprint density at radius 1 is 0.962 bits per heavy atom. The van der Waals surface area contributed by atoms with Crippen LogP contribution in [-0.4, -0.2) is 36.1 Å². The van der Waals surface area contributed by atoms with Crippen LogP contribution in [0.25, 0.3) is 22.3 Å². The van der Waals surface area contributed by atoms with E-state index in [1.165, 1.54) is 26.4 Å². The third-order valence-electron chi connectivity index (χ3n) is 4.77. The van der Waals surface area contributed by atoms with Gasteiger partial charge in [-0.2, -0.15) is 0 Å². The van der Waals surface area contributed by atoms with Crippen LogP contribution in [-0.2, 0) is 4.74 Å². The first-order valence-electron chi connectivity index (χ1n) is 8.97. The van der Waals surface area contributed by atoms with E-state index >= 15 is 0 Å². The van der Waals surface area contributed by atoms with Crippen molar-refractivity contribution in [2.75, 3.05) is 25.1 Å². The van der Waals surface area contributed by atoms with Gasteiger partial charge in [-0.1, -0.05) is 30.3 Å². The first-order valence-corrected chi connectivity index (χ1v) is 8.97. The Morgan fingerprint density at radius 3 is 2.46 bits per heavy atom. The summed E-state index contributed by atoms with van der Waals surface area (Å²) in [5.74, 6) is 0.560. The predicted octanol–water partition coefficient (Wildman–Crippen LogP) is 4.07. The van der Waals surface area contributed by atoms with Gasteiger partial charge in [-0.3, -0.25) is 0 Å². The Balaban J connectivity index is 1.89. The van der Waals surface area contributed by atoms with Crippen LogP contribution in [0.3, 0.4) is 0 Å². The number of hydrogen-bond donors (Lipinski definition) is 0. The summed E-state index contributed by atoms with van der Waals surface area (Å²) in [7, 11) is 1.38. The van der Waals surface area contributed by atoms with Crippen LogP contribution >= 0.6 is 0 Å². The normalized spacial score (nSPS) is 14.4. The van der Waals surface area contributed by atoms with E-state index in [1.54, 1.807) is 12.1 Å². The molecule has 0 saturated carbocycles. The van der Waals surface area contributed by atoms with Crippen molar-refractivity contribution in [3.8, 4) is 11.3 Å². The fraction of sp³-hybridized carbons (Fsp3) is 0.286. The number of anilines is 1. The fourth-order valence-electron chi connectivity index (χ4n) is 3.41. The number of piperidine rings is 1. The SMILES string of the molecule is COC(=O)c1ccc2nc(N3CCCCC3)c(-c3ccccc3)nc2c1. The molecule has 0 spiro atoms. The monoisotopic (exact) mass is 347 g/mol. The topological polar surface area (TPSA) is 55.3 Å². The number of carbonyl (C=O) groups is 1. The maximum absolute atomic E-state index is 11.8. The number of benzene rings is 2. The van der Waals surface area contributed by atoms with Gasteiger partial charge in [0.1, 0.15) is 5.69 Å². The number of methoxy groups -OCH3 is 1. The van der Waals surface area contributed by atoms with Crippen molar-refractivity contribution in [3.05, 3.63) is 54.1 Å². The molecule has 5 heteroatoms. The van der Waals surface area contributed by atoms with Crippen molar-refractivity contribution in [2.24, 2.45) is 0 Å². The van der Waals surface area contributed by atoms with Gasteiger partial charge in [0, 0.05) is 18.7 Å². The minimum atomic E-state index is -0.366. The molecule has 0 radical (unpaired) electrons. The van der Waals surface area contributed by atoms with Gasteiger partial charge in [0.25, 0.3) is 0 Å². The second-order valence-electron chi connectivity index (χ2n) is 6.50. The quantitative estimate of drug-likeness (QED) is 0.669. The maximum atomic E-state index is 11.8. The highest BCUT2D eigenvalue weighted by atomic mass is 16.5. The summed E-state index contributed by atoms with van der Waals surface area (Å²) in [6.07, 6.45) is 3.62.